The lowest BCUT2D eigenvalue weighted by atomic mass is 10.3. The Morgan fingerprint density at radius 1 is 1.00 bits per heavy atom. The van der Waals surface area contributed by atoms with E-state index in [0.29, 0.717) is 0 Å². The molecule has 0 spiro atoms. The second-order valence-electron chi connectivity index (χ2n) is 3.81. The van der Waals surface area contributed by atoms with Gasteiger partial charge in [-0.25, -0.2) is 0 Å². The molecule has 90 valence electrons. The summed E-state index contributed by atoms with van der Waals surface area (Å²) in [5.41, 5.74) is 0. The number of rotatable bonds is 8. The summed E-state index contributed by atoms with van der Waals surface area (Å²) in [6.45, 7) is 8.32. The highest BCUT2D eigenvalue weighted by Crippen LogP contribution is 2.12. The van der Waals surface area contributed by atoms with Crippen LogP contribution in [-0.4, -0.2) is 29.0 Å². The first-order valence-electron chi connectivity index (χ1n) is 6.17. The van der Waals surface area contributed by atoms with Crippen molar-refractivity contribution in [3.05, 3.63) is 0 Å². The number of nitrogens with zero attached hydrogens (tertiary/aromatic N) is 1. The lowest BCUT2D eigenvalue weighted by molar-refractivity contribution is 0.221. The van der Waals surface area contributed by atoms with Gasteiger partial charge in [0.1, 0.15) is 0 Å². The van der Waals surface area contributed by atoms with Gasteiger partial charge in [-0.1, -0.05) is 45.4 Å². The van der Waals surface area contributed by atoms with Crippen molar-refractivity contribution in [3.8, 4) is 0 Å². The van der Waals surface area contributed by atoms with E-state index in [1.165, 1.54) is 11.8 Å². The highest BCUT2D eigenvalue weighted by Gasteiger charge is 2.11. The van der Waals surface area contributed by atoms with Gasteiger partial charge in [0.2, 0.25) is 0 Å². The molecule has 0 atom stereocenters. The van der Waals surface area contributed by atoms with Gasteiger partial charge in [0.15, 0.2) is 0 Å². The molecular formula is C12H25NOS. The minimum Gasteiger partial charge on any atom is -0.334 e. The van der Waals surface area contributed by atoms with Gasteiger partial charge in [-0.3, -0.25) is 4.79 Å². The molecule has 0 radical (unpaired) electrons. The second-order valence-corrected chi connectivity index (χ2v) is 4.85. The molecule has 0 aliphatic heterocycles. The fourth-order valence-corrected chi connectivity index (χ4v) is 2.02. The lowest BCUT2D eigenvalue weighted by Gasteiger charge is -2.21. The van der Waals surface area contributed by atoms with Gasteiger partial charge in [0, 0.05) is 18.8 Å². The fourth-order valence-electron chi connectivity index (χ4n) is 1.27. The van der Waals surface area contributed by atoms with Crippen molar-refractivity contribution in [2.75, 3.05) is 18.8 Å². The molecule has 0 aromatic heterocycles. The summed E-state index contributed by atoms with van der Waals surface area (Å²) in [6, 6.07) is 0. The molecule has 0 aliphatic rings. The highest BCUT2D eigenvalue weighted by atomic mass is 32.2. The summed E-state index contributed by atoms with van der Waals surface area (Å²) in [7, 11) is 0. The standard InChI is InChI=1S/C12H25NOS/c1-4-7-9-13(10-8-5-2)12(14)15-11-6-3/h4-11H2,1-3H3. The quantitative estimate of drug-likeness (QED) is 0.625. The average molecular weight is 231 g/mol. The first-order valence-corrected chi connectivity index (χ1v) is 7.16. The van der Waals surface area contributed by atoms with E-state index in [1.54, 1.807) is 0 Å². The van der Waals surface area contributed by atoms with Crippen LogP contribution < -0.4 is 0 Å². The van der Waals surface area contributed by atoms with Gasteiger partial charge < -0.3 is 4.90 Å². The van der Waals surface area contributed by atoms with Crippen molar-refractivity contribution in [2.24, 2.45) is 0 Å². The zero-order chi connectivity index (χ0) is 11.5. The molecule has 2 nitrogen and oxygen atoms in total. The summed E-state index contributed by atoms with van der Waals surface area (Å²) >= 11 is 1.47. The van der Waals surface area contributed by atoms with E-state index in [1.807, 2.05) is 4.90 Å². The van der Waals surface area contributed by atoms with Crippen molar-refractivity contribution < 1.29 is 4.79 Å². The molecule has 0 aromatic carbocycles. The van der Waals surface area contributed by atoms with E-state index in [2.05, 4.69) is 20.8 Å². The number of hydrogen-bond donors (Lipinski definition) is 0. The van der Waals surface area contributed by atoms with E-state index in [4.69, 9.17) is 0 Å². The van der Waals surface area contributed by atoms with Crippen molar-refractivity contribution >= 4 is 17.0 Å². The van der Waals surface area contributed by atoms with Crippen LogP contribution in [0.15, 0.2) is 0 Å². The zero-order valence-corrected chi connectivity index (χ0v) is 11.2. The van der Waals surface area contributed by atoms with Crippen LogP contribution in [0.1, 0.15) is 52.9 Å². The molecule has 0 unspecified atom stereocenters. The molecule has 0 rings (SSSR count). The first-order chi connectivity index (χ1) is 7.26. The number of carbonyl (C=O) groups is 1. The number of amides is 1. The predicted octanol–water partition coefficient (Wildman–Crippen LogP) is 4.15. The summed E-state index contributed by atoms with van der Waals surface area (Å²) in [5.74, 6) is 0.952. The third-order valence-electron chi connectivity index (χ3n) is 2.25. The van der Waals surface area contributed by atoms with Crippen LogP contribution in [-0.2, 0) is 0 Å². The van der Waals surface area contributed by atoms with Crippen molar-refractivity contribution in [1.29, 1.82) is 0 Å². The van der Waals surface area contributed by atoms with Gasteiger partial charge >= 0.3 is 0 Å². The Balaban J connectivity index is 3.90. The van der Waals surface area contributed by atoms with Crippen LogP contribution in [0.5, 0.6) is 0 Å². The largest absolute Gasteiger partial charge is 0.334 e. The molecule has 0 N–H and O–H groups in total. The molecule has 0 heterocycles. The van der Waals surface area contributed by atoms with Gasteiger partial charge in [-0.05, 0) is 19.3 Å². The van der Waals surface area contributed by atoms with Crippen molar-refractivity contribution in [1.82, 2.24) is 4.90 Å². The number of thioether (sulfide) groups is 1. The second kappa shape index (κ2) is 10.3. The Morgan fingerprint density at radius 3 is 1.93 bits per heavy atom. The van der Waals surface area contributed by atoms with Gasteiger partial charge in [0.05, 0.1) is 0 Å². The molecule has 0 saturated carbocycles. The maximum atomic E-state index is 11.8. The van der Waals surface area contributed by atoms with E-state index in [9.17, 15) is 4.79 Å². The molecule has 0 bridgehead atoms. The number of carbonyl (C=O) groups excluding carboxylic acids is 1. The van der Waals surface area contributed by atoms with E-state index in [0.717, 1.165) is 50.9 Å². The molecular weight excluding hydrogens is 206 g/mol. The zero-order valence-electron chi connectivity index (χ0n) is 10.4. The molecule has 15 heavy (non-hydrogen) atoms. The molecule has 1 amide bonds. The SMILES string of the molecule is CCCCN(CCCC)C(=O)SCCC. The summed E-state index contributed by atoms with van der Waals surface area (Å²) < 4.78 is 0. The van der Waals surface area contributed by atoms with Gasteiger partial charge in [-0.2, -0.15) is 0 Å². The number of unbranched alkanes of at least 4 members (excludes halogenated alkanes) is 2. The fraction of sp³-hybridized carbons (Fsp3) is 0.917. The molecule has 0 fully saturated rings. The number of hydrogen-bond acceptors (Lipinski definition) is 2. The van der Waals surface area contributed by atoms with Gasteiger partial charge in [0.25, 0.3) is 5.24 Å². The Labute approximate surface area is 98.8 Å². The van der Waals surface area contributed by atoms with Crippen molar-refractivity contribution in [3.63, 3.8) is 0 Å². The summed E-state index contributed by atoms with van der Waals surface area (Å²) in [6.07, 6.45) is 5.65. The van der Waals surface area contributed by atoms with Crippen molar-refractivity contribution in [2.45, 2.75) is 52.9 Å². The third-order valence-corrected chi connectivity index (χ3v) is 3.37. The minimum atomic E-state index is 0.277. The van der Waals surface area contributed by atoms with E-state index in [-0.39, 0.29) is 5.24 Å². The molecule has 3 heteroatoms. The topological polar surface area (TPSA) is 20.3 Å². The summed E-state index contributed by atoms with van der Waals surface area (Å²) in [4.78, 5) is 13.8. The Morgan fingerprint density at radius 2 is 1.53 bits per heavy atom. The van der Waals surface area contributed by atoms with Gasteiger partial charge in [-0.15, -0.1) is 0 Å². The molecule has 0 aromatic rings. The lowest BCUT2D eigenvalue weighted by Crippen LogP contribution is -2.29. The Bertz CT molecular complexity index is 154. The molecule has 0 aliphatic carbocycles. The highest BCUT2D eigenvalue weighted by molar-refractivity contribution is 8.13. The van der Waals surface area contributed by atoms with E-state index >= 15 is 0 Å². The first kappa shape index (κ1) is 14.8. The predicted molar refractivity (Wildman–Crippen MR) is 69.5 cm³/mol. The van der Waals surface area contributed by atoms with Crippen LogP contribution in [0.25, 0.3) is 0 Å². The normalized spacial score (nSPS) is 10.3. The maximum absolute atomic E-state index is 11.8. The maximum Gasteiger partial charge on any atom is 0.281 e. The monoisotopic (exact) mass is 231 g/mol. The van der Waals surface area contributed by atoms with Crippen LogP contribution >= 0.6 is 11.8 Å². The van der Waals surface area contributed by atoms with Crippen LogP contribution in [0, 0.1) is 0 Å². The Kier molecular flexibility index (Phi) is 10.2. The third kappa shape index (κ3) is 7.71. The Hall–Kier alpha value is -0.180. The van der Waals surface area contributed by atoms with Crippen LogP contribution in [0.4, 0.5) is 4.79 Å². The van der Waals surface area contributed by atoms with E-state index < -0.39 is 0 Å². The average Bonchev–Trinajstić information content (AvgIpc) is 2.26. The smallest absolute Gasteiger partial charge is 0.281 e. The minimum absolute atomic E-state index is 0.277. The van der Waals surface area contributed by atoms with Crippen LogP contribution in [0.3, 0.4) is 0 Å². The molecule has 0 saturated heterocycles. The summed E-state index contributed by atoms with van der Waals surface area (Å²) in [5, 5.41) is 0.277. The van der Waals surface area contributed by atoms with Crippen LogP contribution in [0.2, 0.25) is 0 Å².